The van der Waals surface area contributed by atoms with E-state index in [1.807, 2.05) is 4.90 Å². The van der Waals surface area contributed by atoms with Gasteiger partial charge in [0.05, 0.1) is 17.0 Å². The standard InChI is InChI=1S/C13H27N3O2S.HI/c1-11-5-8-16(9-6-11)12(14)15-7-10-19(17,18)13(2,3)4;/h11H,5-10H2,1-4H3,(H2,14,15);1H. The van der Waals surface area contributed by atoms with Gasteiger partial charge in [-0.2, -0.15) is 0 Å². The molecule has 7 heteroatoms. The van der Waals surface area contributed by atoms with Gasteiger partial charge in [-0.1, -0.05) is 6.92 Å². The highest BCUT2D eigenvalue weighted by atomic mass is 127. The van der Waals surface area contributed by atoms with Crippen molar-refractivity contribution in [1.29, 1.82) is 0 Å². The average Bonchev–Trinajstić information content (AvgIpc) is 2.28. The highest BCUT2D eigenvalue weighted by Gasteiger charge is 2.28. The van der Waals surface area contributed by atoms with Gasteiger partial charge in [0.25, 0.3) is 0 Å². The molecule has 1 saturated heterocycles. The fourth-order valence-electron chi connectivity index (χ4n) is 1.92. The molecule has 1 heterocycles. The van der Waals surface area contributed by atoms with E-state index in [4.69, 9.17) is 5.73 Å². The van der Waals surface area contributed by atoms with E-state index in [1.165, 1.54) is 0 Å². The van der Waals surface area contributed by atoms with Gasteiger partial charge in [0.2, 0.25) is 0 Å². The van der Waals surface area contributed by atoms with Crippen molar-refractivity contribution in [1.82, 2.24) is 4.90 Å². The monoisotopic (exact) mass is 417 g/mol. The summed E-state index contributed by atoms with van der Waals surface area (Å²) in [6, 6.07) is 0. The number of nitrogens with zero attached hydrogens (tertiary/aromatic N) is 2. The van der Waals surface area contributed by atoms with Crippen LogP contribution in [0.25, 0.3) is 0 Å². The van der Waals surface area contributed by atoms with Crippen LogP contribution in [0.1, 0.15) is 40.5 Å². The van der Waals surface area contributed by atoms with E-state index in [0.29, 0.717) is 5.96 Å². The summed E-state index contributed by atoms with van der Waals surface area (Å²) in [5, 5.41) is 0. The van der Waals surface area contributed by atoms with E-state index >= 15 is 0 Å². The molecular weight excluding hydrogens is 389 g/mol. The third-order valence-corrected chi connectivity index (χ3v) is 6.26. The van der Waals surface area contributed by atoms with Gasteiger partial charge < -0.3 is 10.6 Å². The SMILES string of the molecule is CC1CCN(C(N)=NCCS(=O)(=O)C(C)(C)C)CC1.I. The molecule has 20 heavy (non-hydrogen) atoms. The Bertz CT molecular complexity index is 421. The van der Waals surface area contributed by atoms with E-state index in [0.717, 1.165) is 31.8 Å². The van der Waals surface area contributed by atoms with Gasteiger partial charge in [0, 0.05) is 13.1 Å². The van der Waals surface area contributed by atoms with Crippen molar-refractivity contribution in [2.24, 2.45) is 16.6 Å². The predicted octanol–water partition coefficient (Wildman–Crippen LogP) is 1.86. The smallest absolute Gasteiger partial charge is 0.191 e. The fraction of sp³-hybridized carbons (Fsp3) is 0.923. The van der Waals surface area contributed by atoms with Crippen LogP contribution in [0.15, 0.2) is 4.99 Å². The first kappa shape index (κ1) is 19.9. The third kappa shape index (κ3) is 5.75. The molecule has 0 aromatic rings. The Labute approximate surface area is 140 Å². The van der Waals surface area contributed by atoms with Gasteiger partial charge in [0.15, 0.2) is 15.8 Å². The molecule has 0 atom stereocenters. The first-order valence-electron chi connectivity index (χ1n) is 6.90. The second-order valence-electron chi connectivity index (χ2n) is 6.34. The maximum atomic E-state index is 11.9. The van der Waals surface area contributed by atoms with Crippen LogP contribution in [0, 0.1) is 5.92 Å². The third-order valence-electron chi connectivity index (χ3n) is 3.67. The van der Waals surface area contributed by atoms with E-state index in [9.17, 15) is 8.42 Å². The molecule has 1 rings (SSSR count). The summed E-state index contributed by atoms with van der Waals surface area (Å²) in [5.74, 6) is 1.28. The van der Waals surface area contributed by atoms with Gasteiger partial charge >= 0.3 is 0 Å². The molecular formula is C13H28IN3O2S. The Kier molecular flexibility index (Phi) is 7.80. The Morgan fingerprint density at radius 3 is 2.25 bits per heavy atom. The zero-order chi connectivity index (χ0) is 14.7. The summed E-state index contributed by atoms with van der Waals surface area (Å²) in [7, 11) is -3.11. The zero-order valence-corrected chi connectivity index (χ0v) is 16.1. The molecule has 2 N–H and O–H groups in total. The van der Waals surface area contributed by atoms with Gasteiger partial charge in [-0.25, -0.2) is 8.42 Å². The predicted molar refractivity (Wildman–Crippen MR) is 95.4 cm³/mol. The molecule has 120 valence electrons. The van der Waals surface area contributed by atoms with Crippen LogP contribution in [0.3, 0.4) is 0 Å². The van der Waals surface area contributed by atoms with Crippen molar-refractivity contribution in [3.63, 3.8) is 0 Å². The molecule has 1 aliphatic heterocycles. The van der Waals surface area contributed by atoms with E-state index in [2.05, 4.69) is 11.9 Å². The van der Waals surface area contributed by atoms with Gasteiger partial charge in [-0.3, -0.25) is 4.99 Å². The minimum absolute atomic E-state index is 0. The van der Waals surface area contributed by atoms with Crippen molar-refractivity contribution in [2.75, 3.05) is 25.4 Å². The van der Waals surface area contributed by atoms with Crippen molar-refractivity contribution in [3.05, 3.63) is 0 Å². The number of sulfone groups is 1. The Morgan fingerprint density at radius 2 is 1.80 bits per heavy atom. The number of nitrogens with two attached hydrogens (primary N) is 1. The molecule has 0 spiro atoms. The molecule has 1 fully saturated rings. The number of likely N-dealkylation sites (tertiary alicyclic amines) is 1. The number of hydrogen-bond acceptors (Lipinski definition) is 3. The van der Waals surface area contributed by atoms with Crippen molar-refractivity contribution in [2.45, 2.75) is 45.3 Å². The Balaban J connectivity index is 0.00000361. The summed E-state index contributed by atoms with van der Waals surface area (Å²) < 4.78 is 23.1. The first-order chi connectivity index (χ1) is 8.63. The lowest BCUT2D eigenvalue weighted by Gasteiger charge is -2.31. The lowest BCUT2D eigenvalue weighted by Crippen LogP contribution is -2.42. The summed E-state index contributed by atoms with van der Waals surface area (Å²) in [6.45, 7) is 9.45. The summed E-state index contributed by atoms with van der Waals surface area (Å²) in [6.07, 6.45) is 2.24. The van der Waals surface area contributed by atoms with E-state index in [-0.39, 0.29) is 36.3 Å². The summed E-state index contributed by atoms with van der Waals surface area (Å²) in [5.41, 5.74) is 5.91. The van der Waals surface area contributed by atoms with Crippen LogP contribution in [-0.4, -0.2) is 49.4 Å². The van der Waals surface area contributed by atoms with Crippen molar-refractivity contribution >= 4 is 39.8 Å². The molecule has 0 aromatic carbocycles. The van der Waals surface area contributed by atoms with Gasteiger partial charge in [0.1, 0.15) is 0 Å². The highest BCUT2D eigenvalue weighted by Crippen LogP contribution is 2.17. The highest BCUT2D eigenvalue weighted by molar-refractivity contribution is 14.0. The number of aliphatic imine (C=N–C) groups is 1. The molecule has 0 amide bonds. The minimum Gasteiger partial charge on any atom is -0.370 e. The molecule has 5 nitrogen and oxygen atoms in total. The topological polar surface area (TPSA) is 75.8 Å². The second-order valence-corrected chi connectivity index (χ2v) is 9.20. The quantitative estimate of drug-likeness (QED) is 0.432. The Hall–Kier alpha value is -0.0500. The number of rotatable bonds is 3. The molecule has 0 unspecified atom stereocenters. The van der Waals surface area contributed by atoms with Crippen LogP contribution < -0.4 is 5.73 Å². The fourth-order valence-corrected chi connectivity index (χ4v) is 2.87. The summed E-state index contributed by atoms with van der Waals surface area (Å²) in [4.78, 5) is 6.26. The minimum atomic E-state index is -3.11. The second kappa shape index (κ2) is 7.82. The number of piperidine rings is 1. The maximum absolute atomic E-state index is 11.9. The first-order valence-corrected chi connectivity index (χ1v) is 8.56. The molecule has 0 aromatic heterocycles. The Morgan fingerprint density at radius 1 is 1.30 bits per heavy atom. The van der Waals surface area contributed by atoms with Crippen LogP contribution in [0.5, 0.6) is 0 Å². The largest absolute Gasteiger partial charge is 0.370 e. The normalized spacial score (nSPS) is 18.8. The van der Waals surface area contributed by atoms with Gasteiger partial charge in [-0.15, -0.1) is 24.0 Å². The van der Waals surface area contributed by atoms with Crippen LogP contribution in [0.4, 0.5) is 0 Å². The molecule has 0 bridgehead atoms. The molecule has 0 saturated carbocycles. The van der Waals surface area contributed by atoms with Crippen LogP contribution in [0.2, 0.25) is 0 Å². The van der Waals surface area contributed by atoms with E-state index in [1.54, 1.807) is 20.8 Å². The van der Waals surface area contributed by atoms with Crippen LogP contribution in [-0.2, 0) is 9.84 Å². The average molecular weight is 417 g/mol. The molecule has 1 aliphatic rings. The van der Waals surface area contributed by atoms with Crippen LogP contribution >= 0.6 is 24.0 Å². The van der Waals surface area contributed by atoms with E-state index < -0.39 is 14.6 Å². The number of guanidine groups is 1. The van der Waals surface area contributed by atoms with Crippen molar-refractivity contribution < 1.29 is 8.42 Å². The lowest BCUT2D eigenvalue weighted by molar-refractivity contribution is 0.278. The van der Waals surface area contributed by atoms with Gasteiger partial charge in [-0.05, 0) is 39.5 Å². The zero-order valence-electron chi connectivity index (χ0n) is 12.9. The van der Waals surface area contributed by atoms with Crippen molar-refractivity contribution in [3.8, 4) is 0 Å². The molecule has 0 radical (unpaired) electrons. The number of hydrogen-bond donors (Lipinski definition) is 1. The number of halogens is 1. The lowest BCUT2D eigenvalue weighted by atomic mass is 10.00. The maximum Gasteiger partial charge on any atom is 0.191 e. The summed E-state index contributed by atoms with van der Waals surface area (Å²) >= 11 is 0. The molecule has 0 aliphatic carbocycles.